The van der Waals surface area contributed by atoms with Crippen molar-refractivity contribution in [3.05, 3.63) is 82.1 Å². The highest BCUT2D eigenvalue weighted by Crippen LogP contribution is 2.29. The first kappa shape index (κ1) is 15.3. The topological polar surface area (TPSA) is 37.3 Å². The molecule has 0 heterocycles. The largest absolute Gasteiger partial charge is 0.478 e. The lowest BCUT2D eigenvalue weighted by Crippen LogP contribution is -2.03. The van der Waals surface area contributed by atoms with Crippen LogP contribution in [0, 0.1) is 5.82 Å². The van der Waals surface area contributed by atoms with Gasteiger partial charge in [0.1, 0.15) is 5.82 Å². The summed E-state index contributed by atoms with van der Waals surface area (Å²) < 4.78 is 13.5. The predicted molar refractivity (Wildman–Crippen MR) is 81.1 cm³/mol. The molecule has 21 heavy (non-hydrogen) atoms. The van der Waals surface area contributed by atoms with E-state index in [9.17, 15) is 9.18 Å². The SMILES string of the molecule is CC(=CC(c1cccc(F)c1)c1cccc(Cl)c1)C(=O)O. The van der Waals surface area contributed by atoms with Gasteiger partial charge in [0.2, 0.25) is 0 Å². The van der Waals surface area contributed by atoms with Crippen LogP contribution in [0.4, 0.5) is 4.39 Å². The molecule has 108 valence electrons. The van der Waals surface area contributed by atoms with E-state index in [1.165, 1.54) is 19.1 Å². The third-order valence-corrected chi connectivity index (χ3v) is 3.40. The molecule has 0 radical (unpaired) electrons. The van der Waals surface area contributed by atoms with Crippen molar-refractivity contribution >= 4 is 17.6 Å². The number of allylic oxidation sites excluding steroid dienone is 1. The highest BCUT2D eigenvalue weighted by atomic mass is 35.5. The molecule has 0 aliphatic carbocycles. The van der Waals surface area contributed by atoms with Gasteiger partial charge in [-0.3, -0.25) is 0 Å². The van der Waals surface area contributed by atoms with Gasteiger partial charge in [-0.1, -0.05) is 41.9 Å². The van der Waals surface area contributed by atoms with E-state index in [0.29, 0.717) is 10.6 Å². The Bertz CT molecular complexity index is 649. The van der Waals surface area contributed by atoms with Crippen LogP contribution in [0.25, 0.3) is 0 Å². The maximum absolute atomic E-state index is 13.5. The molecule has 0 aromatic heterocycles. The zero-order valence-electron chi connectivity index (χ0n) is 11.4. The molecular formula is C17H14ClFO2. The molecule has 1 unspecified atom stereocenters. The zero-order chi connectivity index (χ0) is 15.4. The van der Waals surface area contributed by atoms with E-state index in [0.717, 1.165) is 5.56 Å². The van der Waals surface area contributed by atoms with Crippen molar-refractivity contribution in [2.24, 2.45) is 0 Å². The summed E-state index contributed by atoms with van der Waals surface area (Å²) in [6.07, 6.45) is 1.60. The Morgan fingerprint density at radius 3 is 2.38 bits per heavy atom. The number of carboxylic acid groups (broad SMARTS) is 1. The van der Waals surface area contributed by atoms with Crippen LogP contribution < -0.4 is 0 Å². The molecule has 0 amide bonds. The van der Waals surface area contributed by atoms with Crippen LogP contribution in [0.15, 0.2) is 60.2 Å². The number of hydrogen-bond acceptors (Lipinski definition) is 1. The van der Waals surface area contributed by atoms with E-state index in [-0.39, 0.29) is 17.3 Å². The summed E-state index contributed by atoms with van der Waals surface area (Å²) in [5.74, 6) is -1.73. The fraction of sp³-hybridized carbons (Fsp3) is 0.118. The van der Waals surface area contributed by atoms with Crippen molar-refractivity contribution in [3.63, 3.8) is 0 Å². The minimum atomic E-state index is -1.00. The fourth-order valence-electron chi connectivity index (χ4n) is 2.11. The first-order chi connectivity index (χ1) is 9.97. The molecule has 0 bridgehead atoms. The Hall–Kier alpha value is -2.13. The molecule has 0 aliphatic rings. The molecule has 2 aromatic carbocycles. The monoisotopic (exact) mass is 304 g/mol. The number of benzene rings is 2. The molecular weight excluding hydrogens is 291 g/mol. The Balaban J connectivity index is 2.54. The summed E-state index contributed by atoms with van der Waals surface area (Å²) in [5, 5.41) is 9.62. The molecule has 0 saturated heterocycles. The van der Waals surface area contributed by atoms with Crippen LogP contribution in [0.3, 0.4) is 0 Å². The van der Waals surface area contributed by atoms with Crippen molar-refractivity contribution in [2.45, 2.75) is 12.8 Å². The molecule has 2 nitrogen and oxygen atoms in total. The molecule has 1 atom stereocenters. The van der Waals surface area contributed by atoms with E-state index in [1.54, 1.807) is 36.4 Å². The Morgan fingerprint density at radius 1 is 1.19 bits per heavy atom. The number of carbonyl (C=O) groups is 1. The van der Waals surface area contributed by atoms with E-state index in [4.69, 9.17) is 16.7 Å². The van der Waals surface area contributed by atoms with Crippen LogP contribution in [-0.2, 0) is 4.79 Å². The first-order valence-electron chi connectivity index (χ1n) is 6.40. The van der Waals surface area contributed by atoms with Crippen LogP contribution in [0.2, 0.25) is 5.02 Å². The van der Waals surface area contributed by atoms with E-state index < -0.39 is 5.97 Å². The Kier molecular flexibility index (Phi) is 4.76. The minimum Gasteiger partial charge on any atom is -0.478 e. The second-order valence-electron chi connectivity index (χ2n) is 4.74. The normalized spacial score (nSPS) is 13.0. The maximum atomic E-state index is 13.5. The first-order valence-corrected chi connectivity index (χ1v) is 6.78. The van der Waals surface area contributed by atoms with Gasteiger partial charge < -0.3 is 5.11 Å². The average molecular weight is 305 g/mol. The number of halogens is 2. The average Bonchev–Trinajstić information content (AvgIpc) is 2.44. The standard InChI is InChI=1S/C17H14ClFO2/c1-11(17(20)21)8-16(12-4-2-6-14(18)9-12)13-5-3-7-15(19)10-13/h2-10,16H,1H3,(H,20,21). The fourth-order valence-corrected chi connectivity index (χ4v) is 2.30. The number of rotatable bonds is 4. The molecule has 2 aromatic rings. The maximum Gasteiger partial charge on any atom is 0.330 e. The van der Waals surface area contributed by atoms with Gasteiger partial charge in [0.05, 0.1) is 0 Å². The third-order valence-electron chi connectivity index (χ3n) is 3.17. The van der Waals surface area contributed by atoms with Gasteiger partial charge in [-0.2, -0.15) is 0 Å². The number of aliphatic carboxylic acids is 1. The van der Waals surface area contributed by atoms with Gasteiger partial charge in [-0.05, 0) is 42.3 Å². The van der Waals surface area contributed by atoms with Gasteiger partial charge >= 0.3 is 5.97 Å². The van der Waals surface area contributed by atoms with Gasteiger partial charge in [0, 0.05) is 16.5 Å². The van der Waals surface area contributed by atoms with Crippen LogP contribution in [0.1, 0.15) is 24.0 Å². The molecule has 0 fully saturated rings. The van der Waals surface area contributed by atoms with Crippen molar-refractivity contribution in [2.75, 3.05) is 0 Å². The van der Waals surface area contributed by atoms with Crippen molar-refractivity contribution < 1.29 is 14.3 Å². The smallest absolute Gasteiger partial charge is 0.330 e. The summed E-state index contributed by atoms with van der Waals surface area (Å²) in [5.41, 5.74) is 1.69. The summed E-state index contributed by atoms with van der Waals surface area (Å²) in [7, 11) is 0. The Labute approximate surface area is 127 Å². The van der Waals surface area contributed by atoms with E-state index >= 15 is 0 Å². The number of carboxylic acids is 1. The predicted octanol–water partition coefficient (Wildman–Crippen LogP) is 4.64. The van der Waals surface area contributed by atoms with Crippen molar-refractivity contribution in [1.29, 1.82) is 0 Å². The molecule has 0 saturated carbocycles. The lowest BCUT2D eigenvalue weighted by atomic mass is 9.89. The molecule has 0 aliphatic heterocycles. The van der Waals surface area contributed by atoms with E-state index in [2.05, 4.69) is 0 Å². The van der Waals surface area contributed by atoms with Gasteiger partial charge in [-0.25, -0.2) is 9.18 Å². The molecule has 1 N–H and O–H groups in total. The van der Waals surface area contributed by atoms with Crippen LogP contribution in [0.5, 0.6) is 0 Å². The molecule has 0 spiro atoms. The summed E-state index contributed by atoms with van der Waals surface area (Å²) in [6, 6.07) is 13.2. The van der Waals surface area contributed by atoms with Gasteiger partial charge in [-0.15, -0.1) is 0 Å². The lowest BCUT2D eigenvalue weighted by Gasteiger charge is -2.15. The molecule has 2 rings (SSSR count). The van der Waals surface area contributed by atoms with Gasteiger partial charge in [0.25, 0.3) is 0 Å². The highest BCUT2D eigenvalue weighted by Gasteiger charge is 2.15. The number of hydrogen-bond donors (Lipinski definition) is 1. The highest BCUT2D eigenvalue weighted by molar-refractivity contribution is 6.30. The second-order valence-corrected chi connectivity index (χ2v) is 5.18. The second kappa shape index (κ2) is 6.55. The van der Waals surface area contributed by atoms with Crippen molar-refractivity contribution in [3.8, 4) is 0 Å². The minimum absolute atomic E-state index is 0.198. The lowest BCUT2D eigenvalue weighted by molar-refractivity contribution is -0.132. The van der Waals surface area contributed by atoms with Crippen molar-refractivity contribution in [1.82, 2.24) is 0 Å². The van der Waals surface area contributed by atoms with Crippen LogP contribution in [-0.4, -0.2) is 11.1 Å². The quantitative estimate of drug-likeness (QED) is 0.835. The van der Waals surface area contributed by atoms with Crippen LogP contribution >= 0.6 is 11.6 Å². The van der Waals surface area contributed by atoms with Gasteiger partial charge in [0.15, 0.2) is 0 Å². The summed E-state index contributed by atoms with van der Waals surface area (Å²) >= 11 is 6.00. The summed E-state index contributed by atoms with van der Waals surface area (Å²) in [6.45, 7) is 1.51. The molecule has 4 heteroatoms. The zero-order valence-corrected chi connectivity index (χ0v) is 12.1. The summed E-state index contributed by atoms with van der Waals surface area (Å²) in [4.78, 5) is 11.1. The van der Waals surface area contributed by atoms with E-state index in [1.807, 2.05) is 6.07 Å². The Morgan fingerprint density at radius 2 is 1.81 bits per heavy atom. The third kappa shape index (κ3) is 3.92.